The van der Waals surface area contributed by atoms with Crippen LogP contribution in [0.1, 0.15) is 25.2 Å². The van der Waals surface area contributed by atoms with Gasteiger partial charge in [0.2, 0.25) is 0 Å². The van der Waals surface area contributed by atoms with Gasteiger partial charge in [-0.1, -0.05) is 0 Å². The molecular weight excluding hydrogens is 196 g/mol. The van der Waals surface area contributed by atoms with Crippen molar-refractivity contribution >= 4 is 16.3 Å². The maximum absolute atomic E-state index is 9.77. The molecule has 0 fully saturated rings. The molecule has 2 rings (SSSR count). The molecule has 0 aliphatic rings. The molecule has 2 aromatic rings. The van der Waals surface area contributed by atoms with Gasteiger partial charge >= 0.3 is 0 Å². The first-order chi connectivity index (χ1) is 6.47. The number of thiazole rings is 1. The summed E-state index contributed by atoms with van der Waals surface area (Å²) in [7, 11) is 0. The summed E-state index contributed by atoms with van der Waals surface area (Å²) in [6, 6.07) is 0. The van der Waals surface area contributed by atoms with E-state index in [9.17, 15) is 5.11 Å². The largest absolute Gasteiger partial charge is 0.390 e. The molecule has 3 nitrogen and oxygen atoms in total. The number of rotatable bonds is 2. The van der Waals surface area contributed by atoms with Gasteiger partial charge in [-0.15, -0.1) is 11.3 Å². The monoisotopic (exact) mass is 210 g/mol. The van der Waals surface area contributed by atoms with Crippen LogP contribution in [0.2, 0.25) is 0 Å². The van der Waals surface area contributed by atoms with Crippen LogP contribution in [0.3, 0.4) is 0 Å². The Balaban J connectivity index is 2.49. The van der Waals surface area contributed by atoms with E-state index in [1.165, 1.54) is 0 Å². The molecule has 2 aromatic heterocycles. The van der Waals surface area contributed by atoms with E-state index in [0.29, 0.717) is 6.42 Å². The topological polar surface area (TPSA) is 37.5 Å². The maximum Gasteiger partial charge on any atom is 0.194 e. The second-order valence-electron chi connectivity index (χ2n) is 4.19. The Bertz CT molecular complexity index is 450. The Hall–Kier alpha value is -0.870. The summed E-state index contributed by atoms with van der Waals surface area (Å²) in [5, 5.41) is 11.8. The minimum Gasteiger partial charge on any atom is -0.390 e. The van der Waals surface area contributed by atoms with Crippen molar-refractivity contribution in [1.82, 2.24) is 9.38 Å². The van der Waals surface area contributed by atoms with Gasteiger partial charge in [0.1, 0.15) is 0 Å². The summed E-state index contributed by atoms with van der Waals surface area (Å²) in [4.78, 5) is 5.43. The van der Waals surface area contributed by atoms with E-state index in [0.717, 1.165) is 16.3 Å². The number of fused-ring (bicyclic) bond motifs is 1. The fourth-order valence-electron chi connectivity index (χ4n) is 1.56. The van der Waals surface area contributed by atoms with Crippen LogP contribution in [0, 0.1) is 6.92 Å². The Morgan fingerprint density at radius 2 is 2.29 bits per heavy atom. The summed E-state index contributed by atoms with van der Waals surface area (Å²) in [5.41, 5.74) is 1.44. The lowest BCUT2D eigenvalue weighted by atomic mass is 10.0. The highest BCUT2D eigenvalue weighted by atomic mass is 32.1. The molecule has 0 saturated carbocycles. The highest BCUT2D eigenvalue weighted by Crippen LogP contribution is 2.20. The maximum atomic E-state index is 9.77. The molecule has 0 saturated heterocycles. The first kappa shape index (κ1) is 9.68. The minimum atomic E-state index is -0.678. The fraction of sp³-hybridized carbons (Fsp3) is 0.500. The standard InChI is InChI=1S/C10H14N2OS/c1-7-8(6-10(2,3)13)12-4-5-14-9(12)11-7/h4-5,13H,6H2,1-3H3. The van der Waals surface area contributed by atoms with Crippen LogP contribution in [0.5, 0.6) is 0 Å². The fourth-order valence-corrected chi connectivity index (χ4v) is 2.34. The van der Waals surface area contributed by atoms with E-state index in [1.54, 1.807) is 11.3 Å². The number of aryl methyl sites for hydroxylation is 1. The van der Waals surface area contributed by atoms with Gasteiger partial charge in [0.15, 0.2) is 4.96 Å². The van der Waals surface area contributed by atoms with Crippen molar-refractivity contribution in [3.63, 3.8) is 0 Å². The summed E-state index contributed by atoms with van der Waals surface area (Å²) in [5.74, 6) is 0. The SMILES string of the molecule is Cc1nc2sccn2c1CC(C)(C)O. The van der Waals surface area contributed by atoms with Gasteiger partial charge in [-0.3, -0.25) is 4.40 Å². The van der Waals surface area contributed by atoms with Crippen molar-refractivity contribution in [3.8, 4) is 0 Å². The second-order valence-corrected chi connectivity index (χ2v) is 5.06. The van der Waals surface area contributed by atoms with Gasteiger partial charge in [-0.2, -0.15) is 0 Å². The number of imidazole rings is 1. The molecule has 0 atom stereocenters. The number of hydrogen-bond donors (Lipinski definition) is 1. The van der Waals surface area contributed by atoms with E-state index < -0.39 is 5.60 Å². The smallest absolute Gasteiger partial charge is 0.194 e. The summed E-state index contributed by atoms with van der Waals surface area (Å²) >= 11 is 1.62. The molecule has 1 N–H and O–H groups in total. The van der Waals surface area contributed by atoms with Crippen molar-refractivity contribution in [1.29, 1.82) is 0 Å². The molecule has 0 unspecified atom stereocenters. The van der Waals surface area contributed by atoms with Crippen LogP contribution in [-0.4, -0.2) is 20.1 Å². The van der Waals surface area contributed by atoms with E-state index in [-0.39, 0.29) is 0 Å². The van der Waals surface area contributed by atoms with Gasteiger partial charge in [0, 0.05) is 23.7 Å². The van der Waals surface area contributed by atoms with Crippen molar-refractivity contribution in [2.75, 3.05) is 0 Å². The number of nitrogens with zero attached hydrogens (tertiary/aromatic N) is 2. The average Bonchev–Trinajstić information content (AvgIpc) is 2.54. The van der Waals surface area contributed by atoms with Crippen LogP contribution in [0.25, 0.3) is 4.96 Å². The lowest BCUT2D eigenvalue weighted by molar-refractivity contribution is 0.0795. The first-order valence-corrected chi connectivity index (χ1v) is 5.49. The van der Waals surface area contributed by atoms with Gasteiger partial charge in [0.25, 0.3) is 0 Å². The molecule has 14 heavy (non-hydrogen) atoms. The first-order valence-electron chi connectivity index (χ1n) is 4.61. The minimum absolute atomic E-state index is 0.636. The Labute approximate surface area is 87.0 Å². The zero-order valence-corrected chi connectivity index (χ0v) is 9.43. The Morgan fingerprint density at radius 3 is 2.93 bits per heavy atom. The molecule has 2 heterocycles. The average molecular weight is 210 g/mol. The van der Waals surface area contributed by atoms with Crippen LogP contribution >= 0.6 is 11.3 Å². The van der Waals surface area contributed by atoms with E-state index in [1.807, 2.05) is 32.3 Å². The third kappa shape index (κ3) is 1.67. The van der Waals surface area contributed by atoms with Crippen molar-refractivity contribution in [2.24, 2.45) is 0 Å². The third-order valence-corrected chi connectivity index (χ3v) is 2.92. The van der Waals surface area contributed by atoms with Crippen LogP contribution in [0.15, 0.2) is 11.6 Å². The Kier molecular flexibility index (Phi) is 2.12. The van der Waals surface area contributed by atoms with Crippen molar-refractivity contribution in [3.05, 3.63) is 23.0 Å². The summed E-state index contributed by atoms with van der Waals surface area (Å²) in [6.45, 7) is 5.62. The molecular formula is C10H14N2OS. The molecule has 0 bridgehead atoms. The molecule has 0 aliphatic carbocycles. The van der Waals surface area contributed by atoms with Crippen molar-refractivity contribution in [2.45, 2.75) is 32.8 Å². The van der Waals surface area contributed by atoms with Gasteiger partial charge < -0.3 is 5.11 Å². The number of aliphatic hydroxyl groups is 1. The molecule has 4 heteroatoms. The quantitative estimate of drug-likeness (QED) is 0.823. The zero-order chi connectivity index (χ0) is 10.3. The molecule has 0 amide bonds. The lowest BCUT2D eigenvalue weighted by Gasteiger charge is -2.16. The van der Waals surface area contributed by atoms with Crippen LogP contribution in [0.4, 0.5) is 0 Å². The predicted molar refractivity (Wildman–Crippen MR) is 57.8 cm³/mol. The van der Waals surface area contributed by atoms with Gasteiger partial charge in [-0.05, 0) is 20.8 Å². The highest BCUT2D eigenvalue weighted by molar-refractivity contribution is 7.15. The summed E-state index contributed by atoms with van der Waals surface area (Å²) in [6.07, 6.45) is 2.64. The Morgan fingerprint density at radius 1 is 1.57 bits per heavy atom. The third-order valence-electron chi connectivity index (χ3n) is 2.16. The molecule has 0 radical (unpaired) electrons. The lowest BCUT2D eigenvalue weighted by Crippen LogP contribution is -2.23. The van der Waals surface area contributed by atoms with Crippen LogP contribution < -0.4 is 0 Å². The summed E-state index contributed by atoms with van der Waals surface area (Å²) < 4.78 is 2.05. The van der Waals surface area contributed by atoms with E-state index in [2.05, 4.69) is 9.38 Å². The zero-order valence-electron chi connectivity index (χ0n) is 8.61. The number of hydrogen-bond acceptors (Lipinski definition) is 3. The van der Waals surface area contributed by atoms with E-state index >= 15 is 0 Å². The second kappa shape index (κ2) is 3.07. The predicted octanol–water partition coefficient (Wildman–Crippen LogP) is 2.02. The van der Waals surface area contributed by atoms with E-state index in [4.69, 9.17) is 0 Å². The van der Waals surface area contributed by atoms with Crippen LogP contribution in [-0.2, 0) is 6.42 Å². The number of aromatic nitrogens is 2. The molecule has 0 aromatic carbocycles. The highest BCUT2D eigenvalue weighted by Gasteiger charge is 2.19. The molecule has 0 spiro atoms. The normalized spacial score (nSPS) is 12.6. The molecule has 0 aliphatic heterocycles. The van der Waals surface area contributed by atoms with Gasteiger partial charge in [-0.25, -0.2) is 4.98 Å². The van der Waals surface area contributed by atoms with Crippen molar-refractivity contribution < 1.29 is 5.11 Å². The van der Waals surface area contributed by atoms with Gasteiger partial charge in [0.05, 0.1) is 11.3 Å². The molecule has 76 valence electrons.